The molecule has 0 aliphatic heterocycles. The fourth-order valence-electron chi connectivity index (χ4n) is 4.42. The molecule has 0 heterocycles. The average Bonchev–Trinajstić information content (AvgIpc) is 2.60. The largest absolute Gasteiger partial charge is 0.389 e. The van der Waals surface area contributed by atoms with Crippen molar-refractivity contribution in [3.8, 4) is 0 Å². The maximum atomic E-state index is 11.7. The molecule has 0 amide bonds. The summed E-state index contributed by atoms with van der Waals surface area (Å²) in [7, 11) is 4.24. The van der Waals surface area contributed by atoms with Gasteiger partial charge in [-0.15, -0.1) is 0 Å². The first kappa shape index (κ1) is 18.4. The molecular weight excluding hydrogens is 330 g/mol. The lowest BCUT2D eigenvalue weighted by Gasteiger charge is -2.46. The first-order valence-electron chi connectivity index (χ1n) is 9.18. The second-order valence-corrected chi connectivity index (χ2v) is 8.01. The van der Waals surface area contributed by atoms with Gasteiger partial charge in [-0.2, -0.15) is 0 Å². The van der Waals surface area contributed by atoms with E-state index in [1.54, 1.807) is 0 Å². The van der Waals surface area contributed by atoms with Gasteiger partial charge in [0, 0.05) is 23.4 Å². The van der Waals surface area contributed by atoms with Gasteiger partial charge < -0.3 is 10.0 Å². The zero-order valence-electron chi connectivity index (χ0n) is 15.2. The highest BCUT2D eigenvalue weighted by molar-refractivity contribution is 6.30. The second-order valence-electron chi connectivity index (χ2n) is 7.58. The predicted molar refractivity (Wildman–Crippen MR) is 105 cm³/mol. The van der Waals surface area contributed by atoms with E-state index in [0.717, 1.165) is 29.8 Å². The SMILES string of the molecule is CN(C)C(c1ccccc1)C1CCCCC1(O)Cc1ccc(Cl)cc1. The van der Waals surface area contributed by atoms with Crippen molar-refractivity contribution in [1.29, 1.82) is 0 Å². The van der Waals surface area contributed by atoms with Crippen molar-refractivity contribution in [2.75, 3.05) is 14.1 Å². The van der Waals surface area contributed by atoms with E-state index in [2.05, 4.69) is 49.3 Å². The highest BCUT2D eigenvalue weighted by Gasteiger charge is 2.44. The summed E-state index contributed by atoms with van der Waals surface area (Å²) in [5.74, 6) is 0.217. The molecule has 0 aromatic heterocycles. The summed E-state index contributed by atoms with van der Waals surface area (Å²) in [6.45, 7) is 0. The Morgan fingerprint density at radius 3 is 2.40 bits per heavy atom. The first-order chi connectivity index (χ1) is 12.0. The molecule has 0 bridgehead atoms. The molecular formula is C22H28ClNO. The van der Waals surface area contributed by atoms with E-state index >= 15 is 0 Å². The van der Waals surface area contributed by atoms with Gasteiger partial charge in [-0.3, -0.25) is 0 Å². The quantitative estimate of drug-likeness (QED) is 0.804. The summed E-state index contributed by atoms with van der Waals surface area (Å²) in [4.78, 5) is 2.26. The van der Waals surface area contributed by atoms with Crippen LogP contribution >= 0.6 is 11.6 Å². The van der Waals surface area contributed by atoms with Crippen molar-refractivity contribution in [2.24, 2.45) is 5.92 Å². The predicted octanol–water partition coefficient (Wildman–Crippen LogP) is 5.11. The van der Waals surface area contributed by atoms with Crippen LogP contribution in [0.5, 0.6) is 0 Å². The molecule has 2 aromatic carbocycles. The minimum atomic E-state index is -0.684. The molecule has 134 valence electrons. The van der Waals surface area contributed by atoms with Crippen LogP contribution in [0.2, 0.25) is 5.02 Å². The monoisotopic (exact) mass is 357 g/mol. The van der Waals surface area contributed by atoms with Crippen LogP contribution < -0.4 is 0 Å². The first-order valence-corrected chi connectivity index (χ1v) is 9.55. The van der Waals surface area contributed by atoms with Crippen molar-refractivity contribution in [1.82, 2.24) is 4.90 Å². The number of rotatable bonds is 5. The van der Waals surface area contributed by atoms with E-state index in [4.69, 9.17) is 11.6 Å². The van der Waals surface area contributed by atoms with E-state index in [-0.39, 0.29) is 12.0 Å². The van der Waals surface area contributed by atoms with Crippen LogP contribution in [0, 0.1) is 5.92 Å². The topological polar surface area (TPSA) is 23.5 Å². The Labute approximate surface area is 156 Å². The molecule has 3 rings (SSSR count). The van der Waals surface area contributed by atoms with Crippen molar-refractivity contribution in [3.63, 3.8) is 0 Å². The zero-order chi connectivity index (χ0) is 17.9. The minimum absolute atomic E-state index is 0.217. The smallest absolute Gasteiger partial charge is 0.0734 e. The number of hydrogen-bond acceptors (Lipinski definition) is 2. The molecule has 3 heteroatoms. The normalized spacial score (nSPS) is 25.1. The molecule has 3 unspecified atom stereocenters. The van der Waals surface area contributed by atoms with Gasteiger partial charge in [0.1, 0.15) is 0 Å². The van der Waals surface area contributed by atoms with Gasteiger partial charge in [-0.1, -0.05) is 66.9 Å². The van der Waals surface area contributed by atoms with Crippen molar-refractivity contribution in [3.05, 3.63) is 70.7 Å². The molecule has 0 radical (unpaired) electrons. The molecule has 1 N–H and O–H groups in total. The van der Waals surface area contributed by atoms with E-state index < -0.39 is 5.60 Å². The summed E-state index contributed by atoms with van der Waals surface area (Å²) >= 11 is 6.02. The Kier molecular flexibility index (Phi) is 5.83. The lowest BCUT2D eigenvalue weighted by atomic mass is 9.67. The lowest BCUT2D eigenvalue weighted by Crippen LogP contribution is -2.48. The van der Waals surface area contributed by atoms with Gasteiger partial charge in [0.15, 0.2) is 0 Å². The number of aliphatic hydroxyl groups is 1. The lowest BCUT2D eigenvalue weighted by molar-refractivity contribution is -0.0770. The maximum absolute atomic E-state index is 11.7. The molecule has 0 saturated heterocycles. The van der Waals surface area contributed by atoms with Gasteiger partial charge in [-0.25, -0.2) is 0 Å². The number of benzene rings is 2. The minimum Gasteiger partial charge on any atom is -0.389 e. The number of halogens is 1. The van der Waals surface area contributed by atoms with Gasteiger partial charge >= 0.3 is 0 Å². The molecule has 2 aromatic rings. The van der Waals surface area contributed by atoms with Crippen LogP contribution in [-0.4, -0.2) is 29.7 Å². The Morgan fingerprint density at radius 2 is 1.76 bits per heavy atom. The molecule has 2 nitrogen and oxygen atoms in total. The van der Waals surface area contributed by atoms with Crippen LogP contribution in [0.4, 0.5) is 0 Å². The Balaban J connectivity index is 1.91. The van der Waals surface area contributed by atoms with Crippen LogP contribution in [0.1, 0.15) is 42.9 Å². The molecule has 1 aliphatic carbocycles. The Morgan fingerprint density at radius 1 is 1.08 bits per heavy atom. The van der Waals surface area contributed by atoms with Crippen LogP contribution in [0.25, 0.3) is 0 Å². The average molecular weight is 358 g/mol. The van der Waals surface area contributed by atoms with E-state index in [9.17, 15) is 5.11 Å². The third kappa shape index (κ3) is 4.25. The van der Waals surface area contributed by atoms with Crippen molar-refractivity contribution < 1.29 is 5.11 Å². The van der Waals surface area contributed by atoms with Gasteiger partial charge in [0.05, 0.1) is 5.60 Å². The third-order valence-corrected chi connectivity index (χ3v) is 5.82. The van der Waals surface area contributed by atoms with Crippen LogP contribution in [-0.2, 0) is 6.42 Å². The fraction of sp³-hybridized carbons (Fsp3) is 0.455. The van der Waals surface area contributed by atoms with Gasteiger partial charge in [0.25, 0.3) is 0 Å². The molecule has 1 aliphatic rings. The highest BCUT2D eigenvalue weighted by Crippen LogP contribution is 2.45. The summed E-state index contributed by atoms with van der Waals surface area (Å²) in [6.07, 6.45) is 4.88. The Bertz CT molecular complexity index is 670. The van der Waals surface area contributed by atoms with E-state index in [0.29, 0.717) is 6.42 Å². The molecule has 0 spiro atoms. The summed E-state index contributed by atoms with van der Waals surface area (Å²) in [5.41, 5.74) is 1.76. The van der Waals surface area contributed by atoms with Crippen LogP contribution in [0.3, 0.4) is 0 Å². The maximum Gasteiger partial charge on any atom is 0.0734 e. The number of nitrogens with zero attached hydrogens (tertiary/aromatic N) is 1. The number of hydrogen-bond donors (Lipinski definition) is 1. The second kappa shape index (κ2) is 7.90. The molecule has 3 atom stereocenters. The van der Waals surface area contributed by atoms with Gasteiger partial charge in [-0.05, 0) is 50.2 Å². The van der Waals surface area contributed by atoms with E-state index in [1.807, 2.05) is 24.3 Å². The Hall–Kier alpha value is -1.35. The third-order valence-electron chi connectivity index (χ3n) is 5.57. The highest BCUT2D eigenvalue weighted by atomic mass is 35.5. The summed E-state index contributed by atoms with van der Waals surface area (Å²) < 4.78 is 0. The van der Waals surface area contributed by atoms with Crippen molar-refractivity contribution in [2.45, 2.75) is 43.7 Å². The fourth-order valence-corrected chi connectivity index (χ4v) is 4.54. The summed E-state index contributed by atoms with van der Waals surface area (Å²) in [6, 6.07) is 18.7. The molecule has 1 saturated carbocycles. The standard InChI is InChI=1S/C22H28ClNO/c1-24(2)21(18-8-4-3-5-9-18)20-10-6-7-15-22(20,25)16-17-11-13-19(23)14-12-17/h3-5,8-9,11-14,20-21,25H,6-7,10,15-16H2,1-2H3. The molecule has 1 fully saturated rings. The van der Waals surface area contributed by atoms with Gasteiger partial charge in [0.2, 0.25) is 0 Å². The van der Waals surface area contributed by atoms with Crippen molar-refractivity contribution >= 4 is 11.6 Å². The summed E-state index contributed by atoms with van der Waals surface area (Å²) in [5, 5.41) is 12.4. The molecule has 25 heavy (non-hydrogen) atoms. The van der Waals surface area contributed by atoms with Crippen LogP contribution in [0.15, 0.2) is 54.6 Å². The van der Waals surface area contributed by atoms with E-state index in [1.165, 1.54) is 12.0 Å². The zero-order valence-corrected chi connectivity index (χ0v) is 15.9.